The normalized spacial score (nSPS) is 11.8. The molecule has 1 heterocycles. The van der Waals surface area contributed by atoms with Gasteiger partial charge >= 0.3 is 6.09 Å². The van der Waals surface area contributed by atoms with E-state index in [-0.39, 0.29) is 5.92 Å². The minimum Gasteiger partial charge on any atom is -0.449 e. The van der Waals surface area contributed by atoms with Crippen LogP contribution in [0.3, 0.4) is 0 Å². The summed E-state index contributed by atoms with van der Waals surface area (Å²) in [4.78, 5) is 16.3. The van der Waals surface area contributed by atoms with E-state index in [1.165, 1.54) is 22.3 Å². The smallest absolute Gasteiger partial charge is 0.407 e. The summed E-state index contributed by atoms with van der Waals surface area (Å²) in [5, 5.41) is 2.75. The molecule has 0 aliphatic heterocycles. The van der Waals surface area contributed by atoms with Crippen molar-refractivity contribution in [1.82, 2.24) is 10.3 Å². The first-order valence-corrected chi connectivity index (χ1v) is 9.93. The van der Waals surface area contributed by atoms with Crippen molar-refractivity contribution in [1.29, 1.82) is 0 Å². The number of carbonyl (C=O) groups is 1. The van der Waals surface area contributed by atoms with E-state index in [1.54, 1.807) is 6.07 Å². The molecule has 0 saturated carbocycles. The Morgan fingerprint density at radius 1 is 1.10 bits per heavy atom. The number of hydrogen-bond acceptors (Lipinski definition) is 4. The summed E-state index contributed by atoms with van der Waals surface area (Å²) in [6, 6.07) is 20.2. The zero-order chi connectivity index (χ0) is 20.9. The van der Waals surface area contributed by atoms with Gasteiger partial charge in [0.05, 0.1) is 0 Å². The summed E-state index contributed by atoms with van der Waals surface area (Å²) in [6.07, 6.45) is 0.0660. The quantitative estimate of drug-likeness (QED) is 0.510. The fourth-order valence-electron chi connectivity index (χ4n) is 3.79. The molecule has 0 saturated heterocycles. The van der Waals surface area contributed by atoms with Crippen LogP contribution in [0.4, 0.5) is 10.6 Å². The summed E-state index contributed by atoms with van der Waals surface area (Å²) in [7, 11) is 0. The highest BCUT2D eigenvalue weighted by molar-refractivity contribution is 5.79. The Bertz CT molecular complexity index is 1080. The number of amides is 1. The number of nitrogen functional groups attached to an aromatic ring is 1. The number of pyridine rings is 1. The van der Waals surface area contributed by atoms with Crippen LogP contribution in [0.2, 0.25) is 0 Å². The average molecular weight is 397 g/mol. The number of fused-ring (bicyclic) bond motifs is 3. The Labute approximate surface area is 176 Å². The van der Waals surface area contributed by atoms with Gasteiger partial charge in [0.1, 0.15) is 18.1 Å². The Kier molecular flexibility index (Phi) is 5.67. The SMILES string of the molecule is Cc1cc(N)nc(C#CCCNC(=O)OCC2c3ccccc3-c3ccccc32)c1. The van der Waals surface area contributed by atoms with Crippen LogP contribution >= 0.6 is 0 Å². The van der Waals surface area contributed by atoms with Crippen molar-refractivity contribution >= 4 is 11.9 Å². The number of nitrogens with two attached hydrogens (primary N) is 1. The number of aromatic nitrogens is 1. The monoisotopic (exact) mass is 397 g/mol. The maximum atomic E-state index is 12.1. The zero-order valence-corrected chi connectivity index (χ0v) is 16.8. The van der Waals surface area contributed by atoms with Crippen LogP contribution in [0.25, 0.3) is 11.1 Å². The molecule has 150 valence electrons. The molecular formula is C25H23N3O2. The van der Waals surface area contributed by atoms with Crippen molar-refractivity contribution in [2.45, 2.75) is 19.3 Å². The molecule has 1 aromatic heterocycles. The molecule has 3 N–H and O–H groups in total. The molecule has 0 unspecified atom stereocenters. The Balaban J connectivity index is 1.29. The molecule has 4 rings (SSSR count). The molecule has 0 fully saturated rings. The molecule has 2 aromatic carbocycles. The van der Waals surface area contributed by atoms with Crippen molar-refractivity contribution in [2.24, 2.45) is 0 Å². The largest absolute Gasteiger partial charge is 0.449 e. The topological polar surface area (TPSA) is 77.2 Å². The molecular weight excluding hydrogens is 374 g/mol. The number of aryl methyl sites for hydroxylation is 1. The van der Waals surface area contributed by atoms with Gasteiger partial charge in [-0.2, -0.15) is 0 Å². The first kappa shape index (κ1) is 19.5. The number of benzene rings is 2. The second-order valence-corrected chi connectivity index (χ2v) is 7.26. The third-order valence-corrected chi connectivity index (χ3v) is 5.07. The van der Waals surface area contributed by atoms with Gasteiger partial charge in [0.15, 0.2) is 0 Å². The van der Waals surface area contributed by atoms with E-state index < -0.39 is 6.09 Å². The Hall–Kier alpha value is -3.78. The van der Waals surface area contributed by atoms with Crippen molar-refractivity contribution in [2.75, 3.05) is 18.9 Å². The Morgan fingerprint density at radius 3 is 2.43 bits per heavy atom. The molecule has 5 nitrogen and oxygen atoms in total. The summed E-state index contributed by atoms with van der Waals surface area (Å²) in [6.45, 7) is 2.66. The van der Waals surface area contributed by atoms with Gasteiger partial charge in [-0.3, -0.25) is 0 Å². The standard InChI is InChI=1S/C25H23N3O2/c1-17-14-18(28-24(26)15-17)8-6-7-13-27-25(29)30-16-23-21-11-4-2-9-19(21)20-10-3-5-12-22(20)23/h2-5,9-12,14-15,23H,7,13,16H2,1H3,(H2,26,28)(H,27,29). The number of nitrogens with one attached hydrogen (secondary N) is 1. The molecule has 5 heteroatoms. The predicted molar refractivity (Wildman–Crippen MR) is 118 cm³/mol. The van der Waals surface area contributed by atoms with Crippen LogP contribution < -0.4 is 11.1 Å². The Morgan fingerprint density at radius 2 is 1.77 bits per heavy atom. The zero-order valence-electron chi connectivity index (χ0n) is 16.8. The second-order valence-electron chi connectivity index (χ2n) is 7.26. The molecule has 30 heavy (non-hydrogen) atoms. The van der Waals surface area contributed by atoms with Crippen LogP contribution in [-0.4, -0.2) is 24.2 Å². The minimum atomic E-state index is -0.434. The van der Waals surface area contributed by atoms with Gasteiger partial charge in [-0.25, -0.2) is 9.78 Å². The van der Waals surface area contributed by atoms with Crippen LogP contribution in [0, 0.1) is 18.8 Å². The highest BCUT2D eigenvalue weighted by atomic mass is 16.5. The fourth-order valence-corrected chi connectivity index (χ4v) is 3.79. The van der Waals surface area contributed by atoms with Crippen LogP contribution in [0.1, 0.15) is 34.7 Å². The van der Waals surface area contributed by atoms with E-state index in [9.17, 15) is 4.79 Å². The lowest BCUT2D eigenvalue weighted by Crippen LogP contribution is -2.26. The van der Waals surface area contributed by atoms with Crippen LogP contribution in [0.5, 0.6) is 0 Å². The minimum absolute atomic E-state index is 0.0563. The third-order valence-electron chi connectivity index (χ3n) is 5.07. The summed E-state index contributed by atoms with van der Waals surface area (Å²) in [5.74, 6) is 6.47. The number of rotatable bonds is 4. The first-order valence-electron chi connectivity index (χ1n) is 9.93. The molecule has 0 bridgehead atoms. The molecule has 0 radical (unpaired) electrons. The highest BCUT2D eigenvalue weighted by Gasteiger charge is 2.28. The molecule has 3 aromatic rings. The number of nitrogens with zero attached hydrogens (tertiary/aromatic N) is 1. The van der Waals surface area contributed by atoms with Gasteiger partial charge in [-0.05, 0) is 52.8 Å². The van der Waals surface area contributed by atoms with E-state index in [2.05, 4.69) is 46.4 Å². The highest BCUT2D eigenvalue weighted by Crippen LogP contribution is 2.44. The van der Waals surface area contributed by atoms with Crippen molar-refractivity contribution in [3.05, 3.63) is 83.0 Å². The van der Waals surface area contributed by atoms with Crippen molar-refractivity contribution in [3.63, 3.8) is 0 Å². The molecule has 1 aliphatic carbocycles. The lowest BCUT2D eigenvalue weighted by Gasteiger charge is -2.14. The van der Waals surface area contributed by atoms with E-state index >= 15 is 0 Å². The van der Waals surface area contributed by atoms with E-state index in [0.717, 1.165) is 5.56 Å². The maximum absolute atomic E-state index is 12.1. The number of anilines is 1. The van der Waals surface area contributed by atoms with Gasteiger partial charge < -0.3 is 15.8 Å². The number of carbonyl (C=O) groups excluding carboxylic acids is 1. The lowest BCUT2D eigenvalue weighted by molar-refractivity contribution is 0.143. The summed E-state index contributed by atoms with van der Waals surface area (Å²) < 4.78 is 5.51. The van der Waals surface area contributed by atoms with Gasteiger partial charge in [0.2, 0.25) is 0 Å². The average Bonchev–Trinajstić information content (AvgIpc) is 3.05. The van der Waals surface area contributed by atoms with Crippen molar-refractivity contribution in [3.8, 4) is 23.0 Å². The van der Waals surface area contributed by atoms with E-state index in [1.807, 2.05) is 37.3 Å². The van der Waals surface area contributed by atoms with E-state index in [0.29, 0.717) is 31.1 Å². The summed E-state index contributed by atoms with van der Waals surface area (Å²) >= 11 is 0. The van der Waals surface area contributed by atoms with Gasteiger partial charge in [0, 0.05) is 18.9 Å². The third kappa shape index (κ3) is 4.28. The van der Waals surface area contributed by atoms with Crippen molar-refractivity contribution < 1.29 is 9.53 Å². The molecule has 0 atom stereocenters. The number of ether oxygens (including phenoxy) is 1. The van der Waals surface area contributed by atoms with E-state index in [4.69, 9.17) is 10.5 Å². The van der Waals surface area contributed by atoms with Crippen LogP contribution in [-0.2, 0) is 4.74 Å². The number of hydrogen-bond donors (Lipinski definition) is 2. The van der Waals surface area contributed by atoms with Gasteiger partial charge in [0.25, 0.3) is 0 Å². The molecule has 1 amide bonds. The second kappa shape index (κ2) is 8.71. The molecule has 1 aliphatic rings. The lowest BCUT2D eigenvalue weighted by atomic mass is 9.98. The number of alkyl carbamates (subject to hydrolysis) is 1. The fraction of sp³-hybridized carbons (Fsp3) is 0.200. The summed E-state index contributed by atoms with van der Waals surface area (Å²) in [5.41, 5.74) is 12.2. The molecule has 0 spiro atoms. The maximum Gasteiger partial charge on any atom is 0.407 e. The first-order chi connectivity index (χ1) is 14.6. The van der Waals surface area contributed by atoms with Crippen LogP contribution in [0.15, 0.2) is 60.7 Å². The van der Waals surface area contributed by atoms with Gasteiger partial charge in [-0.1, -0.05) is 54.5 Å². The predicted octanol–water partition coefficient (Wildman–Crippen LogP) is 4.25. The van der Waals surface area contributed by atoms with Gasteiger partial charge in [-0.15, -0.1) is 0 Å².